The maximum Gasteiger partial charge on any atom is 0.252 e. The van der Waals surface area contributed by atoms with Crippen LogP contribution >= 0.6 is 11.3 Å². The Balaban J connectivity index is 1.86. The van der Waals surface area contributed by atoms with E-state index in [1.54, 1.807) is 38.1 Å². The summed E-state index contributed by atoms with van der Waals surface area (Å²) in [7, 11) is -1.46. The molecular formula is C21H24N2O4S2. The lowest BCUT2D eigenvalue weighted by molar-refractivity contribution is -0.117. The molecule has 0 aliphatic carbocycles. The third kappa shape index (κ3) is 4.43. The number of aromatic nitrogens is 1. The first-order valence-electron chi connectivity index (χ1n) is 9.35. The highest BCUT2D eigenvalue weighted by molar-refractivity contribution is 7.92. The minimum absolute atomic E-state index is 0.106. The van der Waals surface area contributed by atoms with Gasteiger partial charge in [-0.05, 0) is 50.6 Å². The number of sulfone groups is 1. The van der Waals surface area contributed by atoms with Crippen molar-refractivity contribution in [2.24, 2.45) is 12.0 Å². The van der Waals surface area contributed by atoms with Crippen LogP contribution in [-0.4, -0.2) is 30.7 Å². The molecule has 0 bridgehead atoms. The number of nitrogens with zero attached hydrogens (tertiary/aromatic N) is 2. The predicted octanol–water partition coefficient (Wildman–Crippen LogP) is 3.49. The Morgan fingerprint density at radius 3 is 2.48 bits per heavy atom. The first kappa shape index (κ1) is 21.3. The molecule has 0 saturated heterocycles. The third-order valence-electron chi connectivity index (χ3n) is 4.53. The summed E-state index contributed by atoms with van der Waals surface area (Å²) in [6.45, 7) is 5.78. The van der Waals surface area contributed by atoms with E-state index in [4.69, 9.17) is 4.74 Å². The fourth-order valence-electron chi connectivity index (χ4n) is 2.94. The number of fused-ring (bicyclic) bond motifs is 1. The van der Waals surface area contributed by atoms with E-state index in [-0.39, 0.29) is 17.2 Å². The first-order chi connectivity index (χ1) is 13.7. The topological polar surface area (TPSA) is 77.7 Å². The highest BCUT2D eigenvalue weighted by Crippen LogP contribution is 2.26. The molecule has 0 N–H and O–H groups in total. The third-order valence-corrected chi connectivity index (χ3v) is 7.80. The number of hydrogen-bond donors (Lipinski definition) is 0. The Labute approximate surface area is 174 Å². The summed E-state index contributed by atoms with van der Waals surface area (Å²) in [6.07, 6.45) is 0.106. The first-order valence-corrected chi connectivity index (χ1v) is 11.7. The average molecular weight is 433 g/mol. The van der Waals surface area contributed by atoms with Crippen molar-refractivity contribution in [1.82, 2.24) is 4.57 Å². The van der Waals surface area contributed by atoms with E-state index in [0.29, 0.717) is 11.4 Å². The Kier molecular flexibility index (Phi) is 6.24. The van der Waals surface area contributed by atoms with Gasteiger partial charge < -0.3 is 9.30 Å². The fraction of sp³-hybridized carbons (Fsp3) is 0.333. The molecule has 0 spiro atoms. The molecule has 3 aromatic rings. The van der Waals surface area contributed by atoms with Crippen molar-refractivity contribution in [3.05, 3.63) is 52.8 Å². The lowest BCUT2D eigenvalue weighted by atomic mass is 10.1. The summed E-state index contributed by atoms with van der Waals surface area (Å²) in [5.41, 5.74) is 1.63. The number of amides is 1. The minimum Gasteiger partial charge on any atom is -0.492 e. The van der Waals surface area contributed by atoms with Crippen LogP contribution in [0.5, 0.6) is 5.75 Å². The number of carbonyl (C=O) groups is 1. The number of carbonyl (C=O) groups excluding carboxylic acids is 1. The van der Waals surface area contributed by atoms with Crippen LogP contribution in [0.1, 0.15) is 26.3 Å². The van der Waals surface area contributed by atoms with Gasteiger partial charge in [-0.15, -0.1) is 0 Å². The van der Waals surface area contributed by atoms with Crippen LogP contribution in [0, 0.1) is 0 Å². The standard InChI is InChI=1S/C21H24N2O4S2/c1-5-27-17-7-6-8-18-20(17)23(4)21(28-18)22-19(24)13-15-9-11-16(12-10-15)29(25,26)14(2)3/h6-12,14H,5,13H2,1-4H3. The normalized spacial score (nSPS) is 12.7. The number of benzene rings is 2. The molecule has 154 valence electrons. The molecule has 6 nitrogen and oxygen atoms in total. The highest BCUT2D eigenvalue weighted by Gasteiger charge is 2.19. The van der Waals surface area contributed by atoms with E-state index in [2.05, 4.69) is 4.99 Å². The van der Waals surface area contributed by atoms with Crippen molar-refractivity contribution in [2.45, 2.75) is 37.3 Å². The molecule has 0 atom stereocenters. The molecule has 1 aromatic heterocycles. The Bertz CT molecular complexity index is 1200. The van der Waals surface area contributed by atoms with Gasteiger partial charge in [-0.1, -0.05) is 29.5 Å². The van der Waals surface area contributed by atoms with Gasteiger partial charge in [-0.2, -0.15) is 4.99 Å². The number of aryl methyl sites for hydroxylation is 1. The summed E-state index contributed by atoms with van der Waals surface area (Å²) in [6, 6.07) is 12.2. The van der Waals surface area contributed by atoms with Crippen LogP contribution < -0.4 is 9.54 Å². The summed E-state index contributed by atoms with van der Waals surface area (Å²) in [5.74, 6) is 0.476. The number of para-hydroxylation sites is 1. The quantitative estimate of drug-likeness (QED) is 0.597. The second kappa shape index (κ2) is 8.51. The van der Waals surface area contributed by atoms with Crippen LogP contribution in [-0.2, 0) is 28.1 Å². The zero-order valence-corrected chi connectivity index (χ0v) is 18.5. The summed E-state index contributed by atoms with van der Waals surface area (Å²) in [4.78, 5) is 17.6. The Morgan fingerprint density at radius 2 is 1.86 bits per heavy atom. The Morgan fingerprint density at radius 1 is 1.17 bits per heavy atom. The molecule has 1 amide bonds. The summed E-state index contributed by atoms with van der Waals surface area (Å²) < 4.78 is 32.9. The lowest BCUT2D eigenvalue weighted by Crippen LogP contribution is -2.15. The molecule has 29 heavy (non-hydrogen) atoms. The molecule has 0 saturated carbocycles. The van der Waals surface area contributed by atoms with Crippen LogP contribution in [0.3, 0.4) is 0 Å². The van der Waals surface area contributed by atoms with Crippen molar-refractivity contribution >= 4 is 37.3 Å². The van der Waals surface area contributed by atoms with E-state index in [1.165, 1.54) is 11.3 Å². The second-order valence-corrected chi connectivity index (χ2v) is 10.4. The molecule has 0 aliphatic rings. The van der Waals surface area contributed by atoms with Gasteiger partial charge in [0.25, 0.3) is 5.91 Å². The number of ether oxygens (including phenoxy) is 1. The SMILES string of the molecule is CCOc1cccc2sc(=NC(=O)Cc3ccc(S(=O)(=O)C(C)C)cc3)n(C)c12. The monoisotopic (exact) mass is 432 g/mol. The smallest absolute Gasteiger partial charge is 0.252 e. The molecule has 0 radical (unpaired) electrons. The van der Waals surface area contributed by atoms with E-state index in [9.17, 15) is 13.2 Å². The predicted molar refractivity (Wildman–Crippen MR) is 115 cm³/mol. The molecule has 3 rings (SSSR count). The number of thiazole rings is 1. The minimum atomic E-state index is -3.32. The maximum atomic E-state index is 12.5. The maximum absolute atomic E-state index is 12.5. The van der Waals surface area contributed by atoms with Crippen molar-refractivity contribution in [1.29, 1.82) is 0 Å². The average Bonchev–Trinajstić information content (AvgIpc) is 2.98. The summed E-state index contributed by atoms with van der Waals surface area (Å²) in [5, 5.41) is -0.487. The molecular weight excluding hydrogens is 408 g/mol. The second-order valence-electron chi connectivity index (χ2n) is 6.90. The Hall–Kier alpha value is -2.45. The van der Waals surface area contributed by atoms with E-state index < -0.39 is 15.1 Å². The molecule has 2 aromatic carbocycles. The van der Waals surface area contributed by atoms with Crippen molar-refractivity contribution in [3.8, 4) is 5.75 Å². The van der Waals surface area contributed by atoms with E-state index in [0.717, 1.165) is 21.5 Å². The molecule has 1 heterocycles. The lowest BCUT2D eigenvalue weighted by Gasteiger charge is -2.08. The molecule has 0 aliphatic heterocycles. The van der Waals surface area contributed by atoms with Gasteiger partial charge in [0.15, 0.2) is 14.6 Å². The van der Waals surface area contributed by atoms with Gasteiger partial charge in [0.05, 0.1) is 27.9 Å². The molecule has 8 heteroatoms. The molecule has 0 unspecified atom stereocenters. The fourth-order valence-corrected chi connectivity index (χ4v) is 5.05. The largest absolute Gasteiger partial charge is 0.492 e. The van der Waals surface area contributed by atoms with E-state index >= 15 is 0 Å². The zero-order valence-electron chi connectivity index (χ0n) is 16.9. The van der Waals surface area contributed by atoms with Gasteiger partial charge in [-0.25, -0.2) is 8.42 Å². The van der Waals surface area contributed by atoms with Gasteiger partial charge in [0, 0.05) is 7.05 Å². The van der Waals surface area contributed by atoms with Crippen molar-refractivity contribution in [2.75, 3.05) is 6.61 Å². The van der Waals surface area contributed by atoms with Crippen LogP contribution in [0.15, 0.2) is 52.4 Å². The zero-order chi connectivity index (χ0) is 21.2. The van der Waals surface area contributed by atoms with Crippen molar-refractivity contribution in [3.63, 3.8) is 0 Å². The van der Waals surface area contributed by atoms with Crippen LogP contribution in [0.2, 0.25) is 0 Å². The highest BCUT2D eigenvalue weighted by atomic mass is 32.2. The van der Waals surface area contributed by atoms with Crippen LogP contribution in [0.25, 0.3) is 10.2 Å². The molecule has 0 fully saturated rings. The summed E-state index contributed by atoms with van der Waals surface area (Å²) >= 11 is 1.43. The van der Waals surface area contributed by atoms with Gasteiger partial charge in [0.2, 0.25) is 0 Å². The van der Waals surface area contributed by atoms with Gasteiger partial charge >= 0.3 is 0 Å². The van der Waals surface area contributed by atoms with E-state index in [1.807, 2.05) is 36.7 Å². The number of hydrogen-bond acceptors (Lipinski definition) is 5. The van der Waals surface area contributed by atoms with Gasteiger partial charge in [-0.3, -0.25) is 4.79 Å². The van der Waals surface area contributed by atoms with Crippen LogP contribution in [0.4, 0.5) is 0 Å². The van der Waals surface area contributed by atoms with Crippen molar-refractivity contribution < 1.29 is 17.9 Å². The van der Waals surface area contributed by atoms with Gasteiger partial charge in [0.1, 0.15) is 11.3 Å². The number of rotatable bonds is 6.